The number of hydrogen-bond acceptors (Lipinski definition) is 12. The lowest BCUT2D eigenvalue weighted by atomic mass is 10.1. The highest BCUT2D eigenvalue weighted by atomic mass is 32.2. The first-order valence-electron chi connectivity index (χ1n) is 18.8. The average molecular weight is 788 g/mol. The first-order valence-corrected chi connectivity index (χ1v) is 19.6. The smallest absolute Gasteiger partial charge is 0.382 e. The summed E-state index contributed by atoms with van der Waals surface area (Å²) in [5, 5.41) is 0. The second kappa shape index (κ2) is 23.9. The number of nitrogens with zero attached hydrogens (tertiary/aromatic N) is 3. The summed E-state index contributed by atoms with van der Waals surface area (Å²) in [6, 6.07) is 12.0. The highest BCUT2D eigenvalue weighted by molar-refractivity contribution is 7.99. The molecule has 0 radical (unpaired) electrons. The van der Waals surface area contributed by atoms with Gasteiger partial charge in [0.1, 0.15) is 18.3 Å². The third kappa shape index (κ3) is 14.8. The lowest BCUT2D eigenvalue weighted by molar-refractivity contribution is -0.137. The van der Waals surface area contributed by atoms with Crippen LogP contribution >= 0.6 is 11.8 Å². The van der Waals surface area contributed by atoms with Gasteiger partial charge in [0.15, 0.2) is 0 Å². The van der Waals surface area contributed by atoms with Gasteiger partial charge in [0.2, 0.25) is 0 Å². The molecule has 4 atom stereocenters. The van der Waals surface area contributed by atoms with Crippen molar-refractivity contribution < 1.29 is 51.1 Å². The predicted octanol–water partition coefficient (Wildman–Crippen LogP) is 5.85. The van der Waals surface area contributed by atoms with Gasteiger partial charge >= 0.3 is 6.18 Å². The standard InChI is InChI=1S/C39H60F3N3O8S/c1-30(53-22-21-50-25-33(48-4)27-52-29-34(49-5)28-51-26-32(47-3)24-46-2)13-16-44-19-17-43(18-20-44)14-8-15-45-35-9-6-7-10-37(35)54-38-12-11-31(23-36(38)45)39(40,41)42/h6-7,9-12,23,30,32-34H,8,13-22,24-29H2,1-5H3. The summed E-state index contributed by atoms with van der Waals surface area (Å²) in [4.78, 5) is 8.91. The number of benzene rings is 2. The van der Waals surface area contributed by atoms with Gasteiger partial charge in [0, 0.05) is 77.5 Å². The Hall–Kier alpha value is -2.02. The molecule has 1 fully saturated rings. The zero-order chi connectivity index (χ0) is 38.8. The molecule has 0 amide bonds. The molecule has 306 valence electrons. The predicted molar refractivity (Wildman–Crippen MR) is 203 cm³/mol. The molecule has 54 heavy (non-hydrogen) atoms. The van der Waals surface area contributed by atoms with Crippen LogP contribution in [0, 0.1) is 0 Å². The molecule has 2 aliphatic heterocycles. The van der Waals surface area contributed by atoms with E-state index >= 15 is 0 Å². The summed E-state index contributed by atoms with van der Waals surface area (Å²) in [5.41, 5.74) is 0.993. The number of piperazine rings is 1. The third-order valence-electron chi connectivity index (χ3n) is 9.63. The number of ether oxygens (including phenoxy) is 8. The van der Waals surface area contributed by atoms with E-state index in [9.17, 15) is 13.2 Å². The van der Waals surface area contributed by atoms with Gasteiger partial charge in [0.05, 0.1) is 75.9 Å². The monoisotopic (exact) mass is 787 g/mol. The van der Waals surface area contributed by atoms with E-state index < -0.39 is 11.7 Å². The maximum Gasteiger partial charge on any atom is 0.416 e. The molecule has 0 N–H and O–H groups in total. The summed E-state index contributed by atoms with van der Waals surface area (Å²) in [7, 11) is 6.52. The van der Waals surface area contributed by atoms with Gasteiger partial charge in [0.25, 0.3) is 0 Å². The second-order valence-electron chi connectivity index (χ2n) is 13.6. The van der Waals surface area contributed by atoms with Crippen LogP contribution in [-0.4, -0.2) is 161 Å². The molecule has 2 aromatic carbocycles. The van der Waals surface area contributed by atoms with Gasteiger partial charge in [-0.1, -0.05) is 23.9 Å². The molecule has 4 rings (SSSR count). The highest BCUT2D eigenvalue weighted by Gasteiger charge is 2.33. The zero-order valence-electron chi connectivity index (χ0n) is 32.5. The summed E-state index contributed by atoms with van der Waals surface area (Å²) in [5.74, 6) is 0. The molecule has 2 aromatic rings. The van der Waals surface area contributed by atoms with Crippen molar-refractivity contribution in [2.24, 2.45) is 0 Å². The molecule has 0 aliphatic carbocycles. The topological polar surface area (TPSA) is 83.6 Å². The Morgan fingerprint density at radius 1 is 0.667 bits per heavy atom. The molecular weight excluding hydrogens is 728 g/mol. The number of hydrogen-bond donors (Lipinski definition) is 0. The first kappa shape index (κ1) is 44.7. The maximum atomic E-state index is 13.6. The number of methoxy groups -OCH3 is 4. The van der Waals surface area contributed by atoms with Crippen LogP contribution in [0.2, 0.25) is 0 Å². The van der Waals surface area contributed by atoms with E-state index in [1.165, 1.54) is 23.9 Å². The largest absolute Gasteiger partial charge is 0.416 e. The minimum Gasteiger partial charge on any atom is -0.382 e. The molecular formula is C39H60F3N3O8S. The van der Waals surface area contributed by atoms with Crippen molar-refractivity contribution in [1.29, 1.82) is 0 Å². The summed E-state index contributed by atoms with van der Waals surface area (Å²) >= 11 is 1.53. The number of rotatable bonds is 26. The van der Waals surface area contributed by atoms with Crippen LogP contribution < -0.4 is 4.90 Å². The Kier molecular flexibility index (Phi) is 19.8. The highest BCUT2D eigenvalue weighted by Crippen LogP contribution is 2.49. The Balaban J connectivity index is 1.05. The fraction of sp³-hybridized carbons (Fsp3) is 0.692. The Morgan fingerprint density at radius 2 is 1.24 bits per heavy atom. The third-order valence-corrected chi connectivity index (χ3v) is 10.8. The summed E-state index contributed by atoms with van der Waals surface area (Å²) in [6.45, 7) is 11.9. The SMILES string of the molecule is COCC(COCC(COCC(COCCOC(C)CCN1CCN(CCCN2c3ccccc3Sc3ccc(C(F)(F)F)cc32)CC1)OC)OC)OC. The second-order valence-corrected chi connectivity index (χ2v) is 14.7. The molecule has 1 saturated heterocycles. The molecule has 0 saturated carbocycles. The van der Waals surface area contributed by atoms with Crippen molar-refractivity contribution in [3.63, 3.8) is 0 Å². The van der Waals surface area contributed by atoms with Gasteiger partial charge in [-0.2, -0.15) is 13.2 Å². The summed E-state index contributed by atoms with van der Waals surface area (Å²) < 4.78 is 85.4. The van der Waals surface area contributed by atoms with E-state index in [1.807, 2.05) is 24.3 Å². The first-order chi connectivity index (χ1) is 26.1. The summed E-state index contributed by atoms with van der Waals surface area (Å²) in [6.07, 6.45) is -3.02. The van der Waals surface area contributed by atoms with Crippen LogP contribution in [0.1, 0.15) is 25.3 Å². The molecule has 2 heterocycles. The molecule has 0 spiro atoms. The van der Waals surface area contributed by atoms with Crippen molar-refractivity contribution >= 4 is 23.1 Å². The molecule has 4 unspecified atom stereocenters. The molecule has 0 aromatic heterocycles. The van der Waals surface area contributed by atoms with Crippen LogP contribution in [0.4, 0.5) is 24.5 Å². The molecule has 11 nitrogen and oxygen atoms in total. The van der Waals surface area contributed by atoms with Gasteiger partial charge in [-0.15, -0.1) is 0 Å². The Labute approximate surface area is 323 Å². The molecule has 2 aliphatic rings. The van der Waals surface area contributed by atoms with Crippen LogP contribution in [0.15, 0.2) is 52.3 Å². The van der Waals surface area contributed by atoms with Crippen LogP contribution in [-0.2, 0) is 44.1 Å². The number of fused-ring (bicyclic) bond motifs is 2. The van der Waals surface area contributed by atoms with E-state index in [0.717, 1.165) is 67.6 Å². The number of anilines is 2. The minimum atomic E-state index is -4.38. The van der Waals surface area contributed by atoms with Gasteiger partial charge in [-0.25, -0.2) is 0 Å². The van der Waals surface area contributed by atoms with E-state index in [1.54, 1.807) is 34.5 Å². The molecule has 15 heteroatoms. The van der Waals surface area contributed by atoms with Crippen molar-refractivity contribution in [2.75, 3.05) is 132 Å². The number of para-hydroxylation sites is 1. The van der Waals surface area contributed by atoms with E-state index in [2.05, 4.69) is 21.6 Å². The van der Waals surface area contributed by atoms with Gasteiger partial charge in [-0.3, -0.25) is 0 Å². The minimum absolute atomic E-state index is 0.112. The lowest BCUT2D eigenvalue weighted by Gasteiger charge is -2.36. The fourth-order valence-corrected chi connectivity index (χ4v) is 7.38. The van der Waals surface area contributed by atoms with Crippen LogP contribution in [0.3, 0.4) is 0 Å². The van der Waals surface area contributed by atoms with E-state index in [4.69, 9.17) is 37.9 Å². The van der Waals surface area contributed by atoms with Gasteiger partial charge < -0.3 is 52.6 Å². The average Bonchev–Trinajstić information content (AvgIpc) is 3.17. The van der Waals surface area contributed by atoms with Gasteiger partial charge in [-0.05, 0) is 56.6 Å². The normalized spacial score (nSPS) is 17.6. The fourth-order valence-electron chi connectivity index (χ4n) is 6.31. The van der Waals surface area contributed by atoms with Crippen LogP contribution in [0.25, 0.3) is 0 Å². The van der Waals surface area contributed by atoms with E-state index in [0.29, 0.717) is 65.1 Å². The maximum absolute atomic E-state index is 13.6. The van der Waals surface area contributed by atoms with Crippen molar-refractivity contribution in [1.82, 2.24) is 9.80 Å². The van der Waals surface area contributed by atoms with Crippen molar-refractivity contribution in [3.05, 3.63) is 48.0 Å². The quantitative estimate of drug-likeness (QED) is 0.107. The van der Waals surface area contributed by atoms with Crippen molar-refractivity contribution in [2.45, 2.75) is 60.1 Å². The van der Waals surface area contributed by atoms with Crippen molar-refractivity contribution in [3.8, 4) is 0 Å². The Bertz CT molecular complexity index is 1340. The Morgan fingerprint density at radius 3 is 1.85 bits per heavy atom. The van der Waals surface area contributed by atoms with E-state index in [-0.39, 0.29) is 24.4 Å². The number of halogens is 3. The van der Waals surface area contributed by atoms with Crippen LogP contribution in [0.5, 0.6) is 0 Å². The molecule has 0 bridgehead atoms. The zero-order valence-corrected chi connectivity index (χ0v) is 33.3. The number of alkyl halides is 3. The lowest BCUT2D eigenvalue weighted by Crippen LogP contribution is -2.47.